The predicted molar refractivity (Wildman–Crippen MR) is 81.1 cm³/mol. The molecule has 92 valence electrons. The van der Waals surface area contributed by atoms with E-state index in [1.54, 1.807) is 0 Å². The summed E-state index contributed by atoms with van der Waals surface area (Å²) >= 11 is 7.27. The molecule has 0 aliphatic heterocycles. The summed E-state index contributed by atoms with van der Waals surface area (Å²) in [5.74, 6) is 0. The van der Waals surface area contributed by atoms with E-state index in [-0.39, 0.29) is 0 Å². The summed E-state index contributed by atoms with van der Waals surface area (Å²) in [6.45, 7) is 3.28. The first kappa shape index (κ1) is 13.3. The fraction of sp³-hybridized carbons (Fsp3) is 0.385. The van der Waals surface area contributed by atoms with Crippen molar-refractivity contribution in [1.29, 1.82) is 0 Å². The molecule has 0 spiro atoms. The van der Waals surface area contributed by atoms with Crippen molar-refractivity contribution >= 4 is 38.6 Å². The van der Waals surface area contributed by atoms with Crippen molar-refractivity contribution in [2.45, 2.75) is 25.8 Å². The third-order valence-corrected chi connectivity index (χ3v) is 5.54. The van der Waals surface area contributed by atoms with Gasteiger partial charge in [0.15, 0.2) is 0 Å². The van der Waals surface area contributed by atoms with Gasteiger partial charge in [-0.25, -0.2) is 0 Å². The second kappa shape index (κ2) is 6.69. The number of hydrogen-bond donors (Lipinski definition) is 1. The summed E-state index contributed by atoms with van der Waals surface area (Å²) in [6.07, 6.45) is 2.24. The lowest BCUT2D eigenvalue weighted by Gasteiger charge is -2.16. The highest BCUT2D eigenvalue weighted by Gasteiger charge is 2.14. The Morgan fingerprint density at radius 3 is 2.76 bits per heavy atom. The first-order valence-electron chi connectivity index (χ1n) is 5.80. The molecule has 0 saturated carbocycles. The minimum Gasteiger partial charge on any atom is -0.309 e. The Labute approximate surface area is 119 Å². The number of nitrogens with one attached hydrogen (secondary N) is 1. The van der Waals surface area contributed by atoms with Crippen molar-refractivity contribution in [3.05, 3.63) is 43.2 Å². The molecule has 1 atom stereocenters. The SMILES string of the molecule is CCCNC(Cc1sccc1Br)c1cccs1. The van der Waals surface area contributed by atoms with Crippen LogP contribution in [-0.2, 0) is 6.42 Å². The molecule has 0 radical (unpaired) electrons. The van der Waals surface area contributed by atoms with Crippen LogP contribution in [0.3, 0.4) is 0 Å². The molecule has 2 aromatic heterocycles. The van der Waals surface area contributed by atoms with Gasteiger partial charge in [0.2, 0.25) is 0 Å². The topological polar surface area (TPSA) is 12.0 Å². The van der Waals surface area contributed by atoms with Gasteiger partial charge < -0.3 is 5.32 Å². The zero-order valence-electron chi connectivity index (χ0n) is 9.78. The van der Waals surface area contributed by atoms with Crippen LogP contribution in [0.4, 0.5) is 0 Å². The van der Waals surface area contributed by atoms with Gasteiger partial charge in [0.05, 0.1) is 0 Å². The Morgan fingerprint density at radius 1 is 1.29 bits per heavy atom. The molecule has 2 aromatic rings. The highest BCUT2D eigenvalue weighted by atomic mass is 79.9. The highest BCUT2D eigenvalue weighted by Crippen LogP contribution is 2.29. The van der Waals surface area contributed by atoms with Crippen molar-refractivity contribution in [1.82, 2.24) is 5.32 Å². The zero-order valence-corrected chi connectivity index (χ0v) is 13.0. The molecule has 0 aliphatic carbocycles. The third-order valence-electron chi connectivity index (χ3n) is 2.61. The van der Waals surface area contributed by atoms with E-state index in [9.17, 15) is 0 Å². The van der Waals surface area contributed by atoms with Crippen LogP contribution in [0.25, 0.3) is 0 Å². The largest absolute Gasteiger partial charge is 0.309 e. The third kappa shape index (κ3) is 3.65. The van der Waals surface area contributed by atoms with Gasteiger partial charge >= 0.3 is 0 Å². The van der Waals surface area contributed by atoms with Crippen LogP contribution in [0.5, 0.6) is 0 Å². The number of halogens is 1. The van der Waals surface area contributed by atoms with Gasteiger partial charge in [-0.05, 0) is 51.8 Å². The Kier molecular flexibility index (Phi) is 5.22. The summed E-state index contributed by atoms with van der Waals surface area (Å²) in [6, 6.07) is 6.93. The lowest BCUT2D eigenvalue weighted by Crippen LogP contribution is -2.23. The Bertz CT molecular complexity index is 436. The molecule has 2 heterocycles. The minimum atomic E-state index is 0.449. The van der Waals surface area contributed by atoms with Gasteiger partial charge in [-0.1, -0.05) is 13.0 Å². The summed E-state index contributed by atoms with van der Waals surface area (Å²) in [7, 11) is 0. The fourth-order valence-corrected chi connectivity index (χ4v) is 4.10. The molecule has 1 nitrogen and oxygen atoms in total. The van der Waals surface area contributed by atoms with Gasteiger partial charge in [-0.2, -0.15) is 0 Å². The molecular formula is C13H16BrNS2. The molecule has 1 N–H and O–H groups in total. The Hall–Kier alpha value is -0.160. The van der Waals surface area contributed by atoms with Crippen LogP contribution in [0, 0.1) is 0 Å². The minimum absolute atomic E-state index is 0.449. The Balaban J connectivity index is 2.08. The molecule has 0 fully saturated rings. The van der Waals surface area contributed by atoms with Gasteiger partial charge in [-0.3, -0.25) is 0 Å². The lowest BCUT2D eigenvalue weighted by molar-refractivity contribution is 0.539. The second-order valence-corrected chi connectivity index (χ2v) is 6.75. The summed E-state index contributed by atoms with van der Waals surface area (Å²) in [5.41, 5.74) is 0. The number of rotatable bonds is 6. The van der Waals surface area contributed by atoms with Crippen LogP contribution in [0.1, 0.15) is 29.1 Å². The Morgan fingerprint density at radius 2 is 2.18 bits per heavy atom. The molecule has 2 rings (SSSR count). The molecular weight excluding hydrogens is 314 g/mol. The maximum atomic E-state index is 3.63. The summed E-state index contributed by atoms with van der Waals surface area (Å²) in [5, 5.41) is 7.93. The first-order valence-corrected chi connectivity index (χ1v) is 8.35. The molecule has 0 bridgehead atoms. The van der Waals surface area contributed by atoms with Gasteiger partial charge in [0.25, 0.3) is 0 Å². The van der Waals surface area contributed by atoms with Crippen molar-refractivity contribution in [2.75, 3.05) is 6.54 Å². The monoisotopic (exact) mass is 329 g/mol. The van der Waals surface area contributed by atoms with E-state index in [1.807, 2.05) is 22.7 Å². The standard InChI is InChI=1S/C13H16BrNS2/c1-2-6-15-11(12-4-3-7-16-12)9-13-10(14)5-8-17-13/h3-5,7-8,11,15H,2,6,9H2,1H3. The maximum absolute atomic E-state index is 3.63. The van der Waals surface area contributed by atoms with Crippen molar-refractivity contribution in [3.63, 3.8) is 0 Å². The van der Waals surface area contributed by atoms with Crippen LogP contribution < -0.4 is 5.32 Å². The van der Waals surface area contributed by atoms with E-state index < -0.39 is 0 Å². The highest BCUT2D eigenvalue weighted by molar-refractivity contribution is 9.10. The van der Waals surface area contributed by atoms with Gasteiger partial charge in [-0.15, -0.1) is 22.7 Å². The van der Waals surface area contributed by atoms with E-state index >= 15 is 0 Å². The van der Waals surface area contributed by atoms with Crippen molar-refractivity contribution in [3.8, 4) is 0 Å². The van der Waals surface area contributed by atoms with E-state index in [0.29, 0.717) is 6.04 Å². The average Bonchev–Trinajstić information content (AvgIpc) is 2.96. The molecule has 0 aromatic carbocycles. The second-order valence-electron chi connectivity index (χ2n) is 3.92. The van der Waals surface area contributed by atoms with E-state index in [4.69, 9.17) is 0 Å². The van der Waals surface area contributed by atoms with E-state index in [1.165, 1.54) is 20.6 Å². The van der Waals surface area contributed by atoms with Gasteiger partial charge in [0.1, 0.15) is 0 Å². The van der Waals surface area contributed by atoms with E-state index in [2.05, 4.69) is 57.1 Å². The maximum Gasteiger partial charge on any atom is 0.0464 e. The molecule has 17 heavy (non-hydrogen) atoms. The zero-order chi connectivity index (χ0) is 12.1. The molecule has 1 unspecified atom stereocenters. The smallest absolute Gasteiger partial charge is 0.0464 e. The average molecular weight is 330 g/mol. The summed E-state index contributed by atoms with van der Waals surface area (Å²) in [4.78, 5) is 2.85. The van der Waals surface area contributed by atoms with Crippen LogP contribution in [0.15, 0.2) is 33.4 Å². The summed E-state index contributed by atoms with van der Waals surface area (Å²) < 4.78 is 1.24. The van der Waals surface area contributed by atoms with Gasteiger partial charge in [0, 0.05) is 26.7 Å². The molecule has 0 amide bonds. The van der Waals surface area contributed by atoms with Crippen molar-refractivity contribution in [2.24, 2.45) is 0 Å². The predicted octanol–water partition coefficient (Wildman–Crippen LogP) is 4.86. The number of thiophene rings is 2. The first-order chi connectivity index (χ1) is 8.31. The molecule has 4 heteroatoms. The van der Waals surface area contributed by atoms with Crippen LogP contribution in [0.2, 0.25) is 0 Å². The number of hydrogen-bond acceptors (Lipinski definition) is 3. The quantitative estimate of drug-likeness (QED) is 0.798. The lowest BCUT2D eigenvalue weighted by atomic mass is 10.1. The molecule has 0 saturated heterocycles. The fourth-order valence-electron chi connectivity index (χ4n) is 1.74. The van der Waals surface area contributed by atoms with Crippen LogP contribution in [-0.4, -0.2) is 6.54 Å². The van der Waals surface area contributed by atoms with E-state index in [0.717, 1.165) is 13.0 Å². The van der Waals surface area contributed by atoms with Crippen molar-refractivity contribution < 1.29 is 0 Å². The molecule has 0 aliphatic rings. The van der Waals surface area contributed by atoms with Crippen LogP contribution >= 0.6 is 38.6 Å². The normalized spacial score (nSPS) is 12.8.